The number of nitrogens with one attached hydrogen (secondary N) is 6. The lowest BCUT2D eigenvalue weighted by molar-refractivity contribution is -0.155. The van der Waals surface area contributed by atoms with Crippen LogP contribution in [0.15, 0.2) is 4.99 Å². The van der Waals surface area contributed by atoms with E-state index in [4.69, 9.17) is 21.9 Å². The quantitative estimate of drug-likeness (QED) is 0.0221. The highest BCUT2D eigenvalue weighted by Crippen LogP contribution is 2.17. The van der Waals surface area contributed by atoms with Gasteiger partial charge in [0.25, 0.3) is 0 Å². The zero-order valence-corrected chi connectivity index (χ0v) is 43.2. The maximum Gasteiger partial charge on any atom is 0.328 e. The number of ether oxygens (including phenoxy) is 1. The normalized spacial score (nSPS) is 23.4. The van der Waals surface area contributed by atoms with Crippen molar-refractivity contribution in [3.63, 3.8) is 0 Å². The number of cyclic esters (lactones) is 1. The maximum absolute atomic E-state index is 14.1. The second-order valence-electron chi connectivity index (χ2n) is 19.5. The number of carbonyl (C=O) groups excluding carboxylic acids is 8. The highest BCUT2D eigenvalue weighted by atomic mass is 16.5. The van der Waals surface area contributed by atoms with Crippen molar-refractivity contribution in [2.75, 3.05) is 6.54 Å². The van der Waals surface area contributed by atoms with Crippen LogP contribution in [0.25, 0.3) is 0 Å². The van der Waals surface area contributed by atoms with Gasteiger partial charge in [0.05, 0.1) is 25.0 Å². The molecule has 1 rings (SSSR count). The third-order valence-corrected chi connectivity index (χ3v) is 12.5. The van der Waals surface area contributed by atoms with Gasteiger partial charge in [0, 0.05) is 6.54 Å². The molecule has 1 aliphatic heterocycles. The number of hydrogen-bond donors (Lipinski definition) is 11. The number of guanidine groups is 1. The van der Waals surface area contributed by atoms with Gasteiger partial charge in [-0.05, 0) is 51.9 Å². The number of aliphatic hydroxyl groups is 2. The maximum atomic E-state index is 14.1. The van der Waals surface area contributed by atoms with Crippen LogP contribution >= 0.6 is 0 Å². The van der Waals surface area contributed by atoms with Crippen LogP contribution in [0.4, 0.5) is 0 Å². The number of amides is 7. The Morgan fingerprint density at radius 2 is 1.11 bits per heavy atom. The summed E-state index contributed by atoms with van der Waals surface area (Å²) in [6.45, 7) is 11.5. The van der Waals surface area contributed by atoms with Crippen molar-refractivity contribution in [1.82, 2.24) is 31.9 Å². The second kappa shape index (κ2) is 35.1. The number of primary amides is 1. The number of aliphatic hydroxyl groups excluding tert-OH is 2. The Labute approximate surface area is 415 Å². The standard InChI is InChI=1S/C49H90N10O11/c1-8-31(4)40-45(66)59-41(33(6)60)46(67)56-37(29-38(50)62)43(64)54-32(5)48(69)70-34(7)42(47(68)55-36(27-30(2)3)44(65)58-40)57-39(63)28-35(61)25-23-21-19-17-15-13-11-9-10-12-14-16-18-20-22-24-26-53-49(51)52/h30-37,40-42,60-61H,8-29H2,1-7H3,(H2,50,62)(H,54,64)(H,55,68)(H,56,67)(H,57,63)(H,58,65)(H,59,66)(H4,51,52,53)/t31-,32-,33-,34-,35?,36-,37-,40+,41-,42+/m1/s1. The first-order valence-electron chi connectivity index (χ1n) is 25.8. The van der Waals surface area contributed by atoms with Gasteiger partial charge < -0.3 is 64.1 Å². The van der Waals surface area contributed by atoms with E-state index in [1.54, 1.807) is 27.7 Å². The van der Waals surface area contributed by atoms with Crippen molar-refractivity contribution < 1.29 is 53.3 Å². The van der Waals surface area contributed by atoms with Gasteiger partial charge in [-0.2, -0.15) is 0 Å². The van der Waals surface area contributed by atoms with Crippen molar-refractivity contribution >= 4 is 53.3 Å². The molecule has 1 fully saturated rings. The van der Waals surface area contributed by atoms with E-state index >= 15 is 0 Å². The Hall–Kier alpha value is -5.05. The van der Waals surface area contributed by atoms with Gasteiger partial charge in [-0.1, -0.05) is 130 Å². The minimum atomic E-state index is -1.67. The van der Waals surface area contributed by atoms with Crippen LogP contribution < -0.4 is 49.1 Å². The molecule has 1 heterocycles. The van der Waals surface area contributed by atoms with Crippen LogP contribution in [0.2, 0.25) is 0 Å². The molecule has 0 bridgehead atoms. The monoisotopic (exact) mass is 995 g/mol. The van der Waals surface area contributed by atoms with Crippen molar-refractivity contribution in [3.8, 4) is 0 Å². The number of unbranched alkanes of at least 4 members (excludes halogenated alkanes) is 15. The Morgan fingerprint density at radius 1 is 0.643 bits per heavy atom. The predicted molar refractivity (Wildman–Crippen MR) is 267 cm³/mol. The minimum Gasteiger partial charge on any atom is -0.458 e. The van der Waals surface area contributed by atoms with Crippen LogP contribution in [0.3, 0.4) is 0 Å². The van der Waals surface area contributed by atoms with Gasteiger partial charge in [0.1, 0.15) is 42.4 Å². The lowest BCUT2D eigenvalue weighted by Gasteiger charge is -2.30. The summed E-state index contributed by atoms with van der Waals surface area (Å²) in [6.07, 6.45) is 14.0. The molecule has 0 radical (unpaired) electrons. The number of nitrogens with zero attached hydrogens (tertiary/aromatic N) is 1. The summed E-state index contributed by atoms with van der Waals surface area (Å²) in [6, 6.07) is -8.92. The summed E-state index contributed by atoms with van der Waals surface area (Å²) < 4.78 is 5.58. The molecule has 0 aromatic rings. The van der Waals surface area contributed by atoms with E-state index in [2.05, 4.69) is 36.9 Å². The Morgan fingerprint density at radius 3 is 1.60 bits per heavy atom. The number of esters is 1. The average Bonchev–Trinajstić information content (AvgIpc) is 3.27. The molecule has 0 aromatic heterocycles. The number of carbonyl (C=O) groups is 8. The average molecular weight is 995 g/mol. The first-order chi connectivity index (χ1) is 33.1. The van der Waals surface area contributed by atoms with Gasteiger partial charge in [-0.3, -0.25) is 38.6 Å². The van der Waals surface area contributed by atoms with Crippen molar-refractivity contribution in [1.29, 1.82) is 0 Å². The second-order valence-corrected chi connectivity index (χ2v) is 19.5. The summed E-state index contributed by atoms with van der Waals surface area (Å²) in [4.78, 5) is 112. The fraction of sp³-hybridized carbons (Fsp3) is 0.816. The third-order valence-electron chi connectivity index (χ3n) is 12.5. The Bertz CT molecular complexity index is 1660. The highest BCUT2D eigenvalue weighted by molar-refractivity contribution is 5.98. The molecule has 14 N–H and O–H groups in total. The molecule has 21 heteroatoms. The first kappa shape index (κ1) is 63.0. The van der Waals surface area contributed by atoms with Gasteiger partial charge in [0.15, 0.2) is 5.96 Å². The molecule has 10 atom stereocenters. The van der Waals surface area contributed by atoms with E-state index in [0.29, 0.717) is 25.8 Å². The van der Waals surface area contributed by atoms with Crippen LogP contribution in [-0.4, -0.2) is 125 Å². The summed E-state index contributed by atoms with van der Waals surface area (Å²) in [5.74, 6) is -7.97. The molecule has 21 nitrogen and oxygen atoms in total. The Kier molecular flexibility index (Phi) is 31.6. The van der Waals surface area contributed by atoms with Gasteiger partial charge in [0.2, 0.25) is 41.4 Å². The fourth-order valence-corrected chi connectivity index (χ4v) is 8.09. The van der Waals surface area contributed by atoms with Crippen LogP contribution in [-0.2, 0) is 43.1 Å². The lowest BCUT2D eigenvalue weighted by Crippen LogP contribution is -2.62. The molecule has 0 saturated carbocycles. The SMILES string of the molecule is CC[C@@H](C)[C@@H]1NC(=O)[C@@H](CC(C)C)NC(=O)[C@@H](NC(=O)CC(O)CCCCCCCCCCCCCCCCCCN=C(N)N)[C@@H](C)OC(=O)[C@@H](C)NC(=O)[C@@H](CC(N)=O)NC(=O)[C@@H]([C@@H](C)O)NC1=O. The topological polar surface area (TPSA) is 349 Å². The van der Waals surface area contributed by atoms with Gasteiger partial charge in [-0.15, -0.1) is 0 Å². The molecule has 0 spiro atoms. The summed E-state index contributed by atoms with van der Waals surface area (Å²) in [5, 5.41) is 36.3. The molecule has 402 valence electrons. The molecule has 70 heavy (non-hydrogen) atoms. The molecule has 0 aromatic carbocycles. The molecular formula is C49H90N10O11. The summed E-state index contributed by atoms with van der Waals surface area (Å²) >= 11 is 0. The number of hydrogen-bond acceptors (Lipinski definition) is 12. The van der Waals surface area contributed by atoms with E-state index in [1.165, 1.54) is 78.6 Å². The van der Waals surface area contributed by atoms with Gasteiger partial charge in [-0.25, -0.2) is 4.79 Å². The molecule has 7 amide bonds. The van der Waals surface area contributed by atoms with E-state index in [0.717, 1.165) is 38.5 Å². The van der Waals surface area contributed by atoms with Crippen molar-refractivity contribution in [3.05, 3.63) is 0 Å². The largest absolute Gasteiger partial charge is 0.458 e. The number of rotatable bonds is 29. The first-order valence-corrected chi connectivity index (χ1v) is 25.8. The van der Waals surface area contributed by atoms with E-state index < -0.39 is 114 Å². The van der Waals surface area contributed by atoms with E-state index in [9.17, 15) is 48.6 Å². The lowest BCUT2D eigenvalue weighted by atomic mass is 9.96. The zero-order chi connectivity index (χ0) is 52.8. The minimum absolute atomic E-state index is 0.0786. The predicted octanol–water partition coefficient (Wildman–Crippen LogP) is 1.86. The summed E-state index contributed by atoms with van der Waals surface area (Å²) in [7, 11) is 0. The van der Waals surface area contributed by atoms with E-state index in [-0.39, 0.29) is 24.7 Å². The third kappa shape index (κ3) is 26.8. The van der Waals surface area contributed by atoms with E-state index in [1.807, 2.05) is 0 Å². The molecular weight excluding hydrogens is 905 g/mol. The Balaban J connectivity index is 3.00. The zero-order valence-electron chi connectivity index (χ0n) is 43.2. The van der Waals surface area contributed by atoms with Crippen molar-refractivity contribution in [2.24, 2.45) is 34.0 Å². The van der Waals surface area contributed by atoms with Crippen LogP contribution in [0.5, 0.6) is 0 Å². The molecule has 1 saturated heterocycles. The van der Waals surface area contributed by atoms with Crippen LogP contribution in [0.1, 0.15) is 183 Å². The van der Waals surface area contributed by atoms with Gasteiger partial charge >= 0.3 is 5.97 Å². The molecule has 0 aliphatic carbocycles. The number of aliphatic imine (C=N–C) groups is 1. The number of nitrogens with two attached hydrogens (primary N) is 3. The highest BCUT2D eigenvalue weighted by Gasteiger charge is 2.38. The fourth-order valence-electron chi connectivity index (χ4n) is 8.09. The summed E-state index contributed by atoms with van der Waals surface area (Å²) in [5.41, 5.74) is 16.1. The smallest absolute Gasteiger partial charge is 0.328 e. The molecule has 1 aliphatic rings. The van der Waals surface area contributed by atoms with Crippen molar-refractivity contribution in [2.45, 2.75) is 238 Å². The molecule has 1 unspecified atom stereocenters. The van der Waals surface area contributed by atoms with Crippen LogP contribution in [0, 0.1) is 11.8 Å².